The molecule has 1 aromatic heterocycles. The summed E-state index contributed by atoms with van der Waals surface area (Å²) in [6.07, 6.45) is 2.96. The molecule has 1 aliphatic rings. The maximum atomic E-state index is 13.2. The van der Waals surface area contributed by atoms with Gasteiger partial charge in [-0.15, -0.1) is 0 Å². The predicted molar refractivity (Wildman–Crippen MR) is 127 cm³/mol. The number of carbonyl (C=O) groups is 1. The van der Waals surface area contributed by atoms with Crippen molar-refractivity contribution in [2.45, 2.75) is 44.8 Å². The number of nitrogens with one attached hydrogen (secondary N) is 1. The Labute approximate surface area is 196 Å². The molecule has 2 N–H and O–H groups in total. The van der Waals surface area contributed by atoms with E-state index >= 15 is 0 Å². The van der Waals surface area contributed by atoms with E-state index < -0.39 is 6.10 Å². The van der Waals surface area contributed by atoms with Gasteiger partial charge in [-0.05, 0) is 61.7 Å². The number of aromatic nitrogens is 1. The summed E-state index contributed by atoms with van der Waals surface area (Å²) >= 11 is 18.7. The Hall–Kier alpha value is -1.98. The molecule has 4 nitrogen and oxygen atoms in total. The summed E-state index contributed by atoms with van der Waals surface area (Å²) in [4.78, 5) is 13.2. The minimum Gasteiger partial charge on any atom is -0.391 e. The van der Waals surface area contributed by atoms with Gasteiger partial charge < -0.3 is 15.0 Å². The first-order valence-electron chi connectivity index (χ1n) is 10.3. The zero-order valence-electron chi connectivity index (χ0n) is 17.0. The van der Waals surface area contributed by atoms with Gasteiger partial charge in [0.15, 0.2) is 0 Å². The highest BCUT2D eigenvalue weighted by Gasteiger charge is 2.27. The lowest BCUT2D eigenvalue weighted by Crippen LogP contribution is -2.45. The first kappa shape index (κ1) is 22.2. The van der Waals surface area contributed by atoms with Crippen molar-refractivity contribution in [3.05, 3.63) is 74.9 Å². The quantitative estimate of drug-likeness (QED) is 0.454. The smallest absolute Gasteiger partial charge is 0.253 e. The summed E-state index contributed by atoms with van der Waals surface area (Å²) in [5, 5.41) is 15.0. The van der Waals surface area contributed by atoms with Crippen LogP contribution in [0.1, 0.15) is 41.7 Å². The van der Waals surface area contributed by atoms with Crippen LogP contribution in [0.25, 0.3) is 16.9 Å². The summed E-state index contributed by atoms with van der Waals surface area (Å²) in [5.41, 5.74) is 3.72. The van der Waals surface area contributed by atoms with E-state index in [1.54, 1.807) is 12.1 Å². The number of hydrogen-bond acceptors (Lipinski definition) is 2. The summed E-state index contributed by atoms with van der Waals surface area (Å²) < 4.78 is 1.95. The normalized spacial score (nSPS) is 18.7. The maximum absolute atomic E-state index is 13.2. The van der Waals surface area contributed by atoms with Gasteiger partial charge in [0.05, 0.1) is 34.1 Å². The second kappa shape index (κ2) is 9.25. The highest BCUT2D eigenvalue weighted by atomic mass is 35.5. The molecule has 1 aliphatic carbocycles. The zero-order valence-corrected chi connectivity index (χ0v) is 19.3. The lowest BCUT2D eigenvalue weighted by atomic mass is 9.92. The second-order valence-electron chi connectivity index (χ2n) is 7.90. The van der Waals surface area contributed by atoms with Crippen LogP contribution in [0.3, 0.4) is 0 Å². The van der Waals surface area contributed by atoms with Crippen molar-refractivity contribution >= 4 is 40.7 Å². The van der Waals surface area contributed by atoms with E-state index in [-0.39, 0.29) is 11.9 Å². The van der Waals surface area contributed by atoms with Gasteiger partial charge in [0.1, 0.15) is 0 Å². The van der Waals surface area contributed by atoms with Crippen molar-refractivity contribution in [1.82, 2.24) is 9.88 Å². The van der Waals surface area contributed by atoms with Gasteiger partial charge in [-0.1, -0.05) is 59.8 Å². The van der Waals surface area contributed by atoms with Crippen LogP contribution >= 0.6 is 34.8 Å². The molecule has 0 unspecified atom stereocenters. The Morgan fingerprint density at radius 2 is 1.68 bits per heavy atom. The van der Waals surface area contributed by atoms with Gasteiger partial charge in [-0.25, -0.2) is 0 Å². The Morgan fingerprint density at radius 1 is 1.00 bits per heavy atom. The highest BCUT2D eigenvalue weighted by molar-refractivity contribution is 6.35. The largest absolute Gasteiger partial charge is 0.391 e. The Kier molecular flexibility index (Phi) is 6.63. The SMILES string of the molecule is Cc1c(C(=O)N[C@@H]2CCCC[C@@H]2O)cc(-c2ccc(Cl)cc2)n1-c1ccc(Cl)cc1Cl. The molecule has 3 aromatic rings. The fourth-order valence-corrected chi connectivity index (χ4v) is 4.79. The number of halogens is 3. The van der Waals surface area contributed by atoms with Crippen LogP contribution in [0.5, 0.6) is 0 Å². The fraction of sp³-hybridized carbons (Fsp3) is 0.292. The maximum Gasteiger partial charge on any atom is 0.253 e. The number of carbonyl (C=O) groups excluding carboxylic acids is 1. The number of amides is 1. The molecule has 1 amide bonds. The average Bonchev–Trinajstić information content (AvgIpc) is 3.07. The van der Waals surface area contributed by atoms with Gasteiger partial charge >= 0.3 is 0 Å². The third kappa shape index (κ3) is 4.63. The lowest BCUT2D eigenvalue weighted by molar-refractivity contribution is 0.0717. The summed E-state index contributed by atoms with van der Waals surface area (Å²) in [6.45, 7) is 1.89. The first-order chi connectivity index (χ1) is 14.8. The number of aliphatic hydroxyl groups is 1. The highest BCUT2D eigenvalue weighted by Crippen LogP contribution is 2.34. The van der Waals surface area contributed by atoms with Crippen LogP contribution < -0.4 is 5.32 Å². The summed E-state index contributed by atoms with van der Waals surface area (Å²) in [7, 11) is 0. The van der Waals surface area contributed by atoms with E-state index in [9.17, 15) is 9.90 Å². The summed E-state index contributed by atoms with van der Waals surface area (Å²) in [5.74, 6) is -0.206. The molecule has 4 rings (SSSR count). The molecule has 0 bridgehead atoms. The number of aliphatic hydroxyl groups excluding tert-OH is 1. The standard InChI is InChI=1S/C24H23Cl3N2O2/c1-14-18(24(31)28-20-4-2-3-5-23(20)30)13-22(15-6-8-16(25)9-7-15)29(14)21-11-10-17(26)12-19(21)27/h6-13,20,23,30H,2-5H2,1H3,(H,28,31)/t20-,23+/m1/s1. The van der Waals surface area contributed by atoms with Gasteiger partial charge in [0, 0.05) is 15.7 Å². The van der Waals surface area contributed by atoms with Crippen molar-refractivity contribution in [3.8, 4) is 16.9 Å². The number of nitrogens with zero attached hydrogens (tertiary/aromatic N) is 1. The third-order valence-electron chi connectivity index (χ3n) is 5.83. The number of benzene rings is 2. The first-order valence-corrected chi connectivity index (χ1v) is 11.4. The van der Waals surface area contributed by atoms with E-state index in [1.807, 2.05) is 47.9 Å². The predicted octanol–water partition coefficient (Wildman–Crippen LogP) is 6.45. The zero-order chi connectivity index (χ0) is 22.1. The van der Waals surface area contributed by atoms with Crippen molar-refractivity contribution < 1.29 is 9.90 Å². The van der Waals surface area contributed by atoms with Gasteiger partial charge in [-0.3, -0.25) is 4.79 Å². The molecule has 2 aromatic carbocycles. The van der Waals surface area contributed by atoms with E-state index in [2.05, 4.69) is 5.32 Å². The number of rotatable bonds is 4. The molecular weight excluding hydrogens is 455 g/mol. The van der Waals surface area contributed by atoms with E-state index in [1.165, 1.54) is 0 Å². The fourth-order valence-electron chi connectivity index (χ4n) is 4.17. The van der Waals surface area contributed by atoms with Crippen molar-refractivity contribution in [2.75, 3.05) is 0 Å². The Morgan fingerprint density at radius 3 is 2.35 bits per heavy atom. The van der Waals surface area contributed by atoms with Gasteiger partial charge in [-0.2, -0.15) is 0 Å². The van der Waals surface area contributed by atoms with Gasteiger partial charge in [0.25, 0.3) is 5.91 Å². The lowest BCUT2D eigenvalue weighted by Gasteiger charge is -2.28. The molecule has 1 fully saturated rings. The Balaban J connectivity index is 1.80. The summed E-state index contributed by atoms with van der Waals surface area (Å²) in [6, 6.07) is 14.3. The Bertz CT molecular complexity index is 1110. The second-order valence-corrected chi connectivity index (χ2v) is 9.18. The molecule has 2 atom stereocenters. The molecular formula is C24H23Cl3N2O2. The van der Waals surface area contributed by atoms with Crippen LogP contribution in [-0.2, 0) is 0 Å². The monoisotopic (exact) mass is 476 g/mol. The molecule has 0 radical (unpaired) electrons. The van der Waals surface area contributed by atoms with Gasteiger partial charge in [0.2, 0.25) is 0 Å². The van der Waals surface area contributed by atoms with Crippen molar-refractivity contribution in [1.29, 1.82) is 0 Å². The van der Waals surface area contributed by atoms with E-state index in [0.29, 0.717) is 27.1 Å². The van der Waals surface area contributed by atoms with Crippen LogP contribution in [0, 0.1) is 6.92 Å². The van der Waals surface area contributed by atoms with E-state index in [0.717, 1.165) is 41.9 Å². The molecule has 1 heterocycles. The van der Waals surface area contributed by atoms with Crippen molar-refractivity contribution in [2.24, 2.45) is 0 Å². The molecule has 162 valence electrons. The van der Waals surface area contributed by atoms with Crippen LogP contribution in [0.4, 0.5) is 0 Å². The average molecular weight is 478 g/mol. The van der Waals surface area contributed by atoms with E-state index in [4.69, 9.17) is 34.8 Å². The molecule has 31 heavy (non-hydrogen) atoms. The molecule has 7 heteroatoms. The third-order valence-corrected chi connectivity index (χ3v) is 6.62. The molecule has 0 aliphatic heterocycles. The molecule has 1 saturated carbocycles. The van der Waals surface area contributed by atoms with Crippen LogP contribution in [0.2, 0.25) is 15.1 Å². The topological polar surface area (TPSA) is 54.3 Å². The van der Waals surface area contributed by atoms with Crippen LogP contribution in [-0.4, -0.2) is 27.7 Å². The molecule has 0 saturated heterocycles. The van der Waals surface area contributed by atoms with Crippen LogP contribution in [0.15, 0.2) is 48.5 Å². The van der Waals surface area contributed by atoms with Crippen molar-refractivity contribution in [3.63, 3.8) is 0 Å². The number of hydrogen-bond donors (Lipinski definition) is 2. The minimum absolute atomic E-state index is 0.206. The minimum atomic E-state index is -0.512. The molecule has 0 spiro atoms.